The number of hydrogen-bond donors (Lipinski definition) is 1. The van der Waals surface area contributed by atoms with Crippen molar-refractivity contribution in [2.45, 2.75) is 185 Å². The van der Waals surface area contributed by atoms with E-state index in [4.69, 9.17) is 9.47 Å². The number of hydrogen-bond acceptors (Lipinski definition) is 7. The molecule has 0 aromatic carbocycles. The predicted molar refractivity (Wildman–Crippen MR) is 217 cm³/mol. The van der Waals surface area contributed by atoms with Crippen molar-refractivity contribution in [3.05, 3.63) is 11.1 Å². The van der Waals surface area contributed by atoms with E-state index < -0.39 is 22.5 Å². The number of rotatable bonds is 7. The van der Waals surface area contributed by atoms with Gasteiger partial charge in [-0.1, -0.05) is 62.3 Å². The molecular weight excluding hydrogens is 705 g/mol. The highest BCUT2D eigenvalue weighted by atomic mass is 16.6. The molecule has 1 saturated heterocycles. The number of Topliss-reactive ketones (excluding diaryl/α,β-unsaturated/α-hetero) is 2. The molecule has 1 aliphatic heterocycles. The second-order valence-electron chi connectivity index (χ2n) is 22.4. The Bertz CT molecular complexity index is 1660. The first-order valence-electron chi connectivity index (χ1n) is 22.0. The molecule has 6 rings (SSSR count). The van der Waals surface area contributed by atoms with Gasteiger partial charge < -0.3 is 19.7 Å². The molecule has 9 heteroatoms. The van der Waals surface area contributed by atoms with Gasteiger partial charge in [-0.25, -0.2) is 4.79 Å². The molecule has 5 aliphatic carbocycles. The summed E-state index contributed by atoms with van der Waals surface area (Å²) in [5.41, 5.74) is -0.173. The number of esters is 1. The molecule has 4 saturated carbocycles. The minimum Gasteiger partial charge on any atom is -0.462 e. The topological polar surface area (TPSA) is 119 Å². The highest BCUT2D eigenvalue weighted by Crippen LogP contribution is 2.77. The zero-order chi connectivity index (χ0) is 41.6. The molecule has 5 fully saturated rings. The van der Waals surface area contributed by atoms with Gasteiger partial charge in [0.1, 0.15) is 17.5 Å². The normalized spacial score (nSPS) is 37.2. The van der Waals surface area contributed by atoms with Crippen LogP contribution in [0.15, 0.2) is 11.1 Å². The van der Waals surface area contributed by atoms with Crippen LogP contribution in [-0.4, -0.2) is 65.3 Å². The fourth-order valence-corrected chi connectivity index (χ4v) is 13.8. The Kier molecular flexibility index (Phi) is 10.9. The van der Waals surface area contributed by atoms with Crippen molar-refractivity contribution in [2.75, 3.05) is 13.1 Å². The molecule has 0 bridgehead atoms. The maximum absolute atomic E-state index is 15.0. The van der Waals surface area contributed by atoms with Crippen molar-refractivity contribution in [2.24, 2.45) is 56.2 Å². The fraction of sp³-hybridized carbons (Fsp3) is 0.851. The Balaban J connectivity index is 1.24. The van der Waals surface area contributed by atoms with Crippen LogP contribution < -0.4 is 5.32 Å². The zero-order valence-electron chi connectivity index (χ0n) is 37.2. The summed E-state index contributed by atoms with van der Waals surface area (Å²) in [5.74, 6) is 1.10. The Morgan fingerprint density at radius 3 is 2.05 bits per heavy atom. The van der Waals surface area contributed by atoms with Gasteiger partial charge in [0.05, 0.1) is 11.8 Å². The van der Waals surface area contributed by atoms with Crippen LogP contribution >= 0.6 is 0 Å². The van der Waals surface area contributed by atoms with E-state index in [0.717, 1.165) is 50.5 Å². The highest BCUT2D eigenvalue weighted by molar-refractivity contribution is 6.07. The molecule has 0 spiro atoms. The van der Waals surface area contributed by atoms with Crippen LogP contribution in [-0.2, 0) is 28.7 Å². The molecule has 1 N–H and O–H groups in total. The lowest BCUT2D eigenvalue weighted by Gasteiger charge is -2.72. The first-order valence-corrected chi connectivity index (χ1v) is 22.0. The monoisotopic (exact) mass is 779 g/mol. The second kappa shape index (κ2) is 14.2. The summed E-state index contributed by atoms with van der Waals surface area (Å²) >= 11 is 0. The molecule has 0 aromatic heterocycles. The number of ether oxygens (including phenoxy) is 2. The van der Waals surface area contributed by atoms with Gasteiger partial charge in [-0.15, -0.1) is 0 Å². The largest absolute Gasteiger partial charge is 0.462 e. The van der Waals surface area contributed by atoms with E-state index in [0.29, 0.717) is 44.2 Å². The van der Waals surface area contributed by atoms with Gasteiger partial charge in [-0.2, -0.15) is 0 Å². The Hall–Kier alpha value is -2.71. The summed E-state index contributed by atoms with van der Waals surface area (Å²) in [6.07, 6.45) is 8.72. The van der Waals surface area contributed by atoms with Crippen molar-refractivity contribution >= 4 is 29.5 Å². The quantitative estimate of drug-likeness (QED) is 0.256. The number of fused-ring (bicyclic) bond motifs is 7. The number of alkyl carbamates (subject to hydrolysis) is 1. The Labute approximate surface area is 337 Å². The Morgan fingerprint density at radius 1 is 0.821 bits per heavy atom. The number of carbonyl (C=O) groups excluding carboxylic acids is 5. The SMILES string of the molecule is CC(=O)C(C)(C)CC(=O)O[C@H]1CC[C@@]2(C)C(CCC3(C)C2CC[C@@H]2C4=C(C(C)C)C(=O)C[C@]4(C(=O)N4CCC(NC(=O)OC(C)(C)C)CC4)CC[C@]23C)C1(C)C. The smallest absolute Gasteiger partial charge is 0.407 e. The maximum atomic E-state index is 15.0. The molecule has 8 atom stereocenters. The second-order valence-corrected chi connectivity index (χ2v) is 22.4. The van der Waals surface area contributed by atoms with Crippen molar-refractivity contribution < 1.29 is 33.4 Å². The summed E-state index contributed by atoms with van der Waals surface area (Å²) < 4.78 is 11.8. The third-order valence-corrected chi connectivity index (χ3v) is 17.1. The number of likely N-dealkylation sites (tertiary alicyclic amines) is 1. The van der Waals surface area contributed by atoms with Crippen LogP contribution in [0, 0.1) is 56.2 Å². The van der Waals surface area contributed by atoms with Gasteiger partial charge >= 0.3 is 12.1 Å². The summed E-state index contributed by atoms with van der Waals surface area (Å²) in [4.78, 5) is 69.2. The fourth-order valence-electron chi connectivity index (χ4n) is 13.8. The van der Waals surface area contributed by atoms with Gasteiger partial charge in [0.15, 0.2) is 5.78 Å². The van der Waals surface area contributed by atoms with Gasteiger partial charge in [0.2, 0.25) is 5.91 Å². The standard InChI is InChI=1S/C47H74N2O7/c1-28(2)37-32(51)26-47(39(53)49-24-18-30(19-25-49)48-40(54)56-41(4,5)6)23-22-45(12)31(38(37)47)14-15-34-44(11)20-17-35(55-36(52)27-42(7,8)29(3)50)43(9,10)33(44)16-21-46(34,45)13/h28,30-31,33-35H,14-27H2,1-13H3,(H,48,54)/t31-,33?,34?,35+,44+,45-,46?,47-/m1/s1. The molecule has 3 unspecified atom stereocenters. The van der Waals surface area contributed by atoms with Gasteiger partial charge in [-0.3, -0.25) is 19.2 Å². The zero-order valence-corrected chi connectivity index (χ0v) is 37.2. The third kappa shape index (κ3) is 6.88. The van der Waals surface area contributed by atoms with E-state index in [1.807, 2.05) is 39.5 Å². The molecule has 1 heterocycles. The van der Waals surface area contributed by atoms with Crippen LogP contribution in [0.2, 0.25) is 0 Å². The summed E-state index contributed by atoms with van der Waals surface area (Å²) in [7, 11) is 0. The van der Waals surface area contributed by atoms with E-state index in [9.17, 15) is 19.2 Å². The van der Waals surface area contributed by atoms with Crippen LogP contribution in [0.5, 0.6) is 0 Å². The highest BCUT2D eigenvalue weighted by Gasteiger charge is 2.71. The van der Waals surface area contributed by atoms with Crippen LogP contribution in [0.1, 0.15) is 167 Å². The molecule has 0 aromatic rings. The lowest BCUT2D eigenvalue weighted by atomic mass is 9.33. The van der Waals surface area contributed by atoms with E-state index in [1.165, 1.54) is 5.57 Å². The van der Waals surface area contributed by atoms with E-state index in [1.54, 1.807) is 6.92 Å². The molecule has 314 valence electrons. The molecule has 2 amide bonds. The van der Waals surface area contributed by atoms with Gasteiger partial charge in [0, 0.05) is 36.4 Å². The van der Waals surface area contributed by atoms with E-state index in [2.05, 4.69) is 53.8 Å². The molecular formula is C47H74N2O7. The minimum absolute atomic E-state index is 0.00233. The van der Waals surface area contributed by atoms with Crippen molar-refractivity contribution in [1.29, 1.82) is 0 Å². The van der Waals surface area contributed by atoms with E-state index >= 15 is 4.79 Å². The number of nitrogens with zero attached hydrogens (tertiary/aromatic N) is 1. The third-order valence-electron chi connectivity index (χ3n) is 17.1. The first-order chi connectivity index (χ1) is 25.7. The first kappa shape index (κ1) is 42.9. The summed E-state index contributed by atoms with van der Waals surface area (Å²) in [6.45, 7) is 28.3. The Morgan fingerprint density at radius 2 is 1.46 bits per heavy atom. The minimum atomic E-state index is -0.780. The number of ketones is 2. The van der Waals surface area contributed by atoms with Crippen molar-refractivity contribution in [1.82, 2.24) is 10.2 Å². The van der Waals surface area contributed by atoms with E-state index in [-0.39, 0.29) is 81.9 Å². The van der Waals surface area contributed by atoms with Crippen LogP contribution in [0.3, 0.4) is 0 Å². The summed E-state index contributed by atoms with van der Waals surface area (Å²) in [6, 6.07) is -0.0508. The number of allylic oxidation sites excluding steroid dienone is 1. The predicted octanol–water partition coefficient (Wildman–Crippen LogP) is 9.40. The molecule has 56 heavy (non-hydrogen) atoms. The molecule has 9 nitrogen and oxygen atoms in total. The molecule has 0 radical (unpaired) electrons. The average molecular weight is 779 g/mol. The van der Waals surface area contributed by atoms with Crippen LogP contribution in [0.25, 0.3) is 0 Å². The number of amides is 2. The average Bonchev–Trinajstić information content (AvgIpc) is 3.38. The summed E-state index contributed by atoms with van der Waals surface area (Å²) in [5, 5.41) is 3.02. The van der Waals surface area contributed by atoms with Crippen LogP contribution in [0.4, 0.5) is 4.79 Å². The van der Waals surface area contributed by atoms with Crippen molar-refractivity contribution in [3.63, 3.8) is 0 Å². The lowest BCUT2D eigenvalue weighted by Crippen LogP contribution is -2.66. The number of carbonyl (C=O) groups is 5. The maximum Gasteiger partial charge on any atom is 0.407 e. The van der Waals surface area contributed by atoms with Gasteiger partial charge in [0.25, 0.3) is 0 Å². The number of nitrogens with one attached hydrogen (secondary N) is 1. The van der Waals surface area contributed by atoms with Gasteiger partial charge in [-0.05, 0) is 143 Å². The lowest BCUT2D eigenvalue weighted by molar-refractivity contribution is -0.233. The molecule has 6 aliphatic rings. The number of piperidine rings is 1. The van der Waals surface area contributed by atoms with Crippen molar-refractivity contribution in [3.8, 4) is 0 Å².